The van der Waals surface area contributed by atoms with E-state index in [0.717, 1.165) is 10.0 Å². The molecule has 0 aliphatic rings. The second kappa shape index (κ2) is 6.58. The summed E-state index contributed by atoms with van der Waals surface area (Å²) in [5.74, 6) is -0.249. The smallest absolute Gasteiger partial charge is 0.406 e. The Bertz CT molecular complexity index is 617. The van der Waals surface area contributed by atoms with Crippen molar-refractivity contribution >= 4 is 33.2 Å². The van der Waals surface area contributed by atoms with Crippen LogP contribution >= 0.6 is 27.5 Å². The highest BCUT2D eigenvalue weighted by Crippen LogP contribution is 2.25. The van der Waals surface area contributed by atoms with E-state index in [1.165, 1.54) is 24.3 Å². The Kier molecular flexibility index (Phi) is 5.00. The number of hydrogen-bond acceptors (Lipinski definition) is 2. The molecule has 0 radical (unpaired) electrons. The normalized spacial score (nSPS) is 11.3. The average molecular weight is 381 g/mol. The Morgan fingerprint density at radius 2 is 1.76 bits per heavy atom. The van der Waals surface area contributed by atoms with Crippen molar-refractivity contribution in [1.29, 1.82) is 0 Å². The molecule has 0 saturated carbocycles. The molecule has 1 N–H and O–H groups in total. The summed E-state index contributed by atoms with van der Waals surface area (Å²) in [5.41, 5.74) is 1.67. The molecule has 0 spiro atoms. The average Bonchev–Trinajstić information content (AvgIpc) is 2.38. The van der Waals surface area contributed by atoms with Crippen LogP contribution < -0.4 is 10.1 Å². The van der Waals surface area contributed by atoms with Crippen LogP contribution in [0.5, 0.6) is 5.75 Å². The largest absolute Gasteiger partial charge is 0.573 e. The van der Waals surface area contributed by atoms with Gasteiger partial charge in [0.2, 0.25) is 0 Å². The van der Waals surface area contributed by atoms with Crippen LogP contribution in [0.25, 0.3) is 0 Å². The molecule has 0 atom stereocenters. The summed E-state index contributed by atoms with van der Waals surface area (Å²) < 4.78 is 40.8. The van der Waals surface area contributed by atoms with E-state index in [1.54, 1.807) is 12.1 Å². The number of benzene rings is 2. The molecule has 112 valence electrons. The number of rotatable bonds is 4. The highest BCUT2D eigenvalue weighted by Gasteiger charge is 2.30. The molecule has 0 unspecified atom stereocenters. The van der Waals surface area contributed by atoms with Crippen molar-refractivity contribution in [3.63, 3.8) is 0 Å². The summed E-state index contributed by atoms with van der Waals surface area (Å²) in [4.78, 5) is 0. The quantitative estimate of drug-likeness (QED) is 0.744. The molecule has 2 nitrogen and oxygen atoms in total. The van der Waals surface area contributed by atoms with Crippen molar-refractivity contribution in [2.24, 2.45) is 0 Å². The third-order valence-corrected chi connectivity index (χ3v) is 3.56. The minimum absolute atomic E-state index is 0.249. The summed E-state index contributed by atoms with van der Waals surface area (Å²) in [7, 11) is 0. The van der Waals surface area contributed by atoms with E-state index in [-0.39, 0.29) is 5.75 Å². The first-order chi connectivity index (χ1) is 9.83. The summed E-state index contributed by atoms with van der Waals surface area (Å²) >= 11 is 9.24. The molecule has 0 amide bonds. The molecule has 0 saturated heterocycles. The van der Waals surface area contributed by atoms with Crippen molar-refractivity contribution in [2.45, 2.75) is 12.9 Å². The second-order valence-electron chi connectivity index (χ2n) is 4.16. The van der Waals surface area contributed by atoms with Crippen molar-refractivity contribution in [3.05, 3.63) is 57.5 Å². The van der Waals surface area contributed by atoms with Gasteiger partial charge in [-0.2, -0.15) is 0 Å². The van der Waals surface area contributed by atoms with Crippen LogP contribution in [0.15, 0.2) is 46.9 Å². The fraction of sp³-hybridized carbons (Fsp3) is 0.143. The number of hydrogen-bond donors (Lipinski definition) is 1. The van der Waals surface area contributed by atoms with Gasteiger partial charge in [-0.05, 0) is 42.0 Å². The minimum atomic E-state index is -4.68. The first-order valence-corrected chi connectivity index (χ1v) is 7.04. The Labute approximate surface area is 133 Å². The monoisotopic (exact) mass is 379 g/mol. The molecular weight excluding hydrogens is 371 g/mol. The number of ether oxygens (including phenoxy) is 1. The highest BCUT2D eigenvalue weighted by atomic mass is 79.9. The standard InChI is InChI=1S/C14H10BrClF3NO/c15-13-7-10(16)2-1-9(13)8-20-11-3-5-12(6-4-11)21-14(17,18)19/h1-7,20H,8H2. The number of nitrogens with one attached hydrogen (secondary N) is 1. The summed E-state index contributed by atoms with van der Waals surface area (Å²) in [6.45, 7) is 0.511. The molecule has 0 aliphatic heterocycles. The zero-order valence-corrected chi connectivity index (χ0v) is 12.9. The van der Waals surface area contributed by atoms with Crippen molar-refractivity contribution in [2.75, 3.05) is 5.32 Å². The minimum Gasteiger partial charge on any atom is -0.406 e. The Balaban J connectivity index is 1.97. The topological polar surface area (TPSA) is 21.3 Å². The molecule has 7 heteroatoms. The van der Waals surface area contributed by atoms with Crippen LogP contribution in [-0.4, -0.2) is 6.36 Å². The number of alkyl halides is 3. The molecular formula is C14H10BrClF3NO. The molecule has 0 fully saturated rings. The lowest BCUT2D eigenvalue weighted by atomic mass is 10.2. The van der Waals surface area contributed by atoms with E-state index in [1.807, 2.05) is 6.07 Å². The third kappa shape index (κ3) is 5.13. The fourth-order valence-electron chi connectivity index (χ4n) is 1.64. The maximum atomic E-state index is 12.0. The van der Waals surface area contributed by atoms with Gasteiger partial charge in [0.1, 0.15) is 5.75 Å². The molecule has 2 aromatic carbocycles. The van der Waals surface area contributed by atoms with E-state index in [2.05, 4.69) is 26.0 Å². The van der Waals surface area contributed by atoms with Crippen LogP contribution in [0.1, 0.15) is 5.56 Å². The van der Waals surface area contributed by atoms with Gasteiger partial charge in [-0.1, -0.05) is 33.6 Å². The van der Waals surface area contributed by atoms with Gasteiger partial charge in [-0.3, -0.25) is 0 Å². The van der Waals surface area contributed by atoms with Crippen molar-refractivity contribution in [1.82, 2.24) is 0 Å². The summed E-state index contributed by atoms with van der Waals surface area (Å²) in [6, 6.07) is 11.0. The predicted molar refractivity (Wildman–Crippen MR) is 79.6 cm³/mol. The highest BCUT2D eigenvalue weighted by molar-refractivity contribution is 9.10. The summed E-state index contributed by atoms with van der Waals surface area (Å²) in [5, 5.41) is 3.73. The maximum absolute atomic E-state index is 12.0. The zero-order valence-electron chi connectivity index (χ0n) is 10.5. The van der Waals surface area contributed by atoms with Crippen LogP contribution in [0.2, 0.25) is 5.02 Å². The lowest BCUT2D eigenvalue weighted by molar-refractivity contribution is -0.274. The lowest BCUT2D eigenvalue weighted by Crippen LogP contribution is -2.17. The van der Waals surface area contributed by atoms with Crippen LogP contribution in [0.3, 0.4) is 0 Å². The Morgan fingerprint density at radius 1 is 1.10 bits per heavy atom. The van der Waals surface area contributed by atoms with E-state index >= 15 is 0 Å². The Hall–Kier alpha value is -1.40. The van der Waals surface area contributed by atoms with Gasteiger partial charge in [-0.15, -0.1) is 13.2 Å². The van der Waals surface area contributed by atoms with E-state index < -0.39 is 6.36 Å². The van der Waals surface area contributed by atoms with Gasteiger partial charge >= 0.3 is 6.36 Å². The predicted octanol–water partition coefficient (Wildman–Crippen LogP) is 5.61. The SMILES string of the molecule is FC(F)(F)Oc1ccc(NCc2ccc(Cl)cc2Br)cc1. The van der Waals surface area contributed by atoms with E-state index in [4.69, 9.17) is 11.6 Å². The van der Waals surface area contributed by atoms with Gasteiger partial charge in [0.05, 0.1) is 0 Å². The lowest BCUT2D eigenvalue weighted by Gasteiger charge is -2.11. The van der Waals surface area contributed by atoms with Crippen molar-refractivity contribution < 1.29 is 17.9 Å². The molecule has 2 rings (SSSR count). The van der Waals surface area contributed by atoms with Gasteiger partial charge in [0, 0.05) is 21.7 Å². The first-order valence-electron chi connectivity index (χ1n) is 5.87. The first kappa shape index (κ1) is 16.0. The number of halogens is 5. The van der Waals surface area contributed by atoms with Crippen molar-refractivity contribution in [3.8, 4) is 5.75 Å². The van der Waals surface area contributed by atoms with E-state index in [0.29, 0.717) is 17.3 Å². The second-order valence-corrected chi connectivity index (χ2v) is 5.45. The molecule has 21 heavy (non-hydrogen) atoms. The zero-order chi connectivity index (χ0) is 15.5. The van der Waals surface area contributed by atoms with Gasteiger partial charge in [0.25, 0.3) is 0 Å². The number of anilines is 1. The fourth-order valence-corrected chi connectivity index (χ4v) is 2.46. The van der Waals surface area contributed by atoms with Crippen LogP contribution in [0.4, 0.5) is 18.9 Å². The molecule has 0 aliphatic carbocycles. The van der Waals surface area contributed by atoms with Crippen LogP contribution in [0, 0.1) is 0 Å². The third-order valence-electron chi connectivity index (χ3n) is 2.59. The maximum Gasteiger partial charge on any atom is 0.573 e. The summed E-state index contributed by atoms with van der Waals surface area (Å²) in [6.07, 6.45) is -4.68. The Morgan fingerprint density at radius 3 is 2.33 bits per heavy atom. The van der Waals surface area contributed by atoms with Crippen LogP contribution in [-0.2, 0) is 6.54 Å². The molecule has 0 aromatic heterocycles. The van der Waals surface area contributed by atoms with Gasteiger partial charge in [0.15, 0.2) is 0 Å². The molecule has 0 bridgehead atoms. The molecule has 2 aromatic rings. The van der Waals surface area contributed by atoms with E-state index in [9.17, 15) is 13.2 Å². The van der Waals surface area contributed by atoms with Gasteiger partial charge in [-0.25, -0.2) is 0 Å². The van der Waals surface area contributed by atoms with Gasteiger partial charge < -0.3 is 10.1 Å². The molecule has 0 heterocycles.